The maximum atomic E-state index is 10.6. The molecule has 0 radical (unpaired) electrons. The molecule has 0 amide bonds. The minimum Gasteiger partial charge on any atom is -0.481 e. The first-order valence-corrected chi connectivity index (χ1v) is 11.6. The fraction of sp³-hybridized carbons (Fsp3) is 0.500. The van der Waals surface area contributed by atoms with E-state index < -0.39 is 5.97 Å². The number of hydrogen-bond donors (Lipinski definition) is 1. The van der Waals surface area contributed by atoms with Crippen molar-refractivity contribution in [1.29, 1.82) is 0 Å². The number of carbonyl (C=O) groups is 1. The van der Waals surface area contributed by atoms with Crippen LogP contribution < -0.4 is 0 Å². The topological polar surface area (TPSA) is 50.4 Å². The van der Waals surface area contributed by atoms with Crippen molar-refractivity contribution < 1.29 is 14.3 Å². The van der Waals surface area contributed by atoms with Gasteiger partial charge < -0.3 is 9.52 Å². The Kier molecular flexibility index (Phi) is 6.72. The van der Waals surface area contributed by atoms with Crippen molar-refractivity contribution in [2.45, 2.75) is 88.2 Å². The number of unbranched alkanes of at least 4 members (excludes halogenated alkanes) is 1. The first-order chi connectivity index (χ1) is 14.1. The monoisotopic (exact) mass is 424 g/mol. The van der Waals surface area contributed by atoms with E-state index in [0.717, 1.165) is 37.0 Å². The van der Waals surface area contributed by atoms with E-state index in [2.05, 4.69) is 58.6 Å². The molecule has 1 aromatic carbocycles. The number of thioether (sulfide) groups is 1. The lowest BCUT2D eigenvalue weighted by molar-refractivity contribution is -0.137. The minimum absolute atomic E-state index is 0.126. The molecule has 4 heteroatoms. The van der Waals surface area contributed by atoms with Gasteiger partial charge in [-0.15, -0.1) is 11.8 Å². The Bertz CT molecular complexity index is 985. The van der Waals surface area contributed by atoms with Gasteiger partial charge in [0.1, 0.15) is 5.76 Å². The smallest absolute Gasteiger partial charge is 0.303 e. The van der Waals surface area contributed by atoms with Gasteiger partial charge in [0, 0.05) is 28.0 Å². The predicted octanol–water partition coefficient (Wildman–Crippen LogP) is 6.59. The second-order valence-electron chi connectivity index (χ2n) is 9.40. The number of aryl methyl sites for hydroxylation is 2. The number of carboxylic acids is 1. The number of hydrogen-bond acceptors (Lipinski definition) is 3. The van der Waals surface area contributed by atoms with Crippen LogP contribution in [0.25, 0.3) is 0 Å². The Hall–Kier alpha value is -2.12. The zero-order valence-corrected chi connectivity index (χ0v) is 19.5. The minimum atomic E-state index is -0.747. The molecule has 30 heavy (non-hydrogen) atoms. The summed E-state index contributed by atoms with van der Waals surface area (Å²) in [6, 6.07) is 8.48. The summed E-state index contributed by atoms with van der Waals surface area (Å²) in [4.78, 5) is 12.0. The van der Waals surface area contributed by atoms with E-state index in [0.29, 0.717) is 12.2 Å². The molecule has 1 aliphatic rings. The fourth-order valence-corrected chi connectivity index (χ4v) is 6.10. The molecule has 3 rings (SSSR count). The third-order valence-electron chi connectivity index (χ3n) is 5.62. The second-order valence-corrected chi connectivity index (χ2v) is 11.1. The van der Waals surface area contributed by atoms with Gasteiger partial charge in [-0.05, 0) is 72.4 Å². The lowest BCUT2D eigenvalue weighted by Gasteiger charge is -2.42. The Morgan fingerprint density at radius 1 is 1.17 bits per heavy atom. The standard InChI is InChI=1S/C26H32O3S/c1-6-18-16-23-22(25(2,3)17-26(4,5)30-23)15-19(18)11-12-21-14-13-20(29-21)9-7-8-10-24(27)28/h13-16H,6-10,17H2,1-5H3,(H,27,28). The summed E-state index contributed by atoms with van der Waals surface area (Å²) in [5.41, 5.74) is 3.89. The molecule has 2 heterocycles. The summed E-state index contributed by atoms with van der Waals surface area (Å²) < 4.78 is 6.08. The van der Waals surface area contributed by atoms with Gasteiger partial charge >= 0.3 is 5.97 Å². The largest absolute Gasteiger partial charge is 0.481 e. The normalized spacial score (nSPS) is 16.4. The van der Waals surface area contributed by atoms with E-state index in [-0.39, 0.29) is 16.6 Å². The van der Waals surface area contributed by atoms with Crippen molar-refractivity contribution in [2.24, 2.45) is 0 Å². The first-order valence-electron chi connectivity index (χ1n) is 10.8. The quantitative estimate of drug-likeness (QED) is 0.420. The summed E-state index contributed by atoms with van der Waals surface area (Å²) in [6.07, 6.45) is 4.51. The van der Waals surface area contributed by atoms with Crippen LogP contribution in [0.5, 0.6) is 0 Å². The van der Waals surface area contributed by atoms with E-state index in [4.69, 9.17) is 9.52 Å². The van der Waals surface area contributed by atoms with Crippen LogP contribution in [0, 0.1) is 11.8 Å². The SMILES string of the molecule is CCc1cc2c(cc1C#Cc1ccc(CCCCC(=O)O)o1)C(C)(C)CC(C)(C)S2. The summed E-state index contributed by atoms with van der Waals surface area (Å²) in [5.74, 6) is 7.34. The van der Waals surface area contributed by atoms with Crippen LogP contribution in [-0.2, 0) is 23.1 Å². The molecule has 1 N–H and O–H groups in total. The van der Waals surface area contributed by atoms with Crippen LogP contribution in [-0.4, -0.2) is 15.8 Å². The van der Waals surface area contributed by atoms with Crippen LogP contribution in [0.3, 0.4) is 0 Å². The van der Waals surface area contributed by atoms with Gasteiger partial charge in [0.25, 0.3) is 0 Å². The van der Waals surface area contributed by atoms with Crippen LogP contribution in [0.1, 0.15) is 88.5 Å². The highest BCUT2D eigenvalue weighted by Gasteiger charge is 2.38. The molecule has 1 aromatic heterocycles. The number of furan rings is 1. The second kappa shape index (κ2) is 8.94. The van der Waals surface area contributed by atoms with Gasteiger partial charge in [-0.1, -0.05) is 40.5 Å². The van der Waals surface area contributed by atoms with E-state index >= 15 is 0 Å². The van der Waals surface area contributed by atoms with Crippen LogP contribution in [0.4, 0.5) is 0 Å². The maximum absolute atomic E-state index is 10.6. The number of fused-ring (bicyclic) bond motifs is 1. The molecule has 0 fully saturated rings. The highest BCUT2D eigenvalue weighted by atomic mass is 32.2. The number of aliphatic carboxylic acids is 1. The average molecular weight is 425 g/mol. The third-order valence-corrected chi connectivity index (χ3v) is 6.87. The van der Waals surface area contributed by atoms with Gasteiger partial charge in [-0.3, -0.25) is 4.79 Å². The molecule has 0 atom stereocenters. The zero-order valence-electron chi connectivity index (χ0n) is 18.7. The molecular formula is C26H32O3S. The van der Waals surface area contributed by atoms with Gasteiger partial charge in [0.05, 0.1) is 0 Å². The van der Waals surface area contributed by atoms with Crippen molar-refractivity contribution in [1.82, 2.24) is 0 Å². The van der Waals surface area contributed by atoms with Crippen molar-refractivity contribution in [3.05, 3.63) is 52.5 Å². The van der Waals surface area contributed by atoms with Crippen molar-refractivity contribution in [3.63, 3.8) is 0 Å². The zero-order chi connectivity index (χ0) is 21.9. The number of carboxylic acid groups (broad SMARTS) is 1. The van der Waals surface area contributed by atoms with Crippen molar-refractivity contribution in [2.75, 3.05) is 0 Å². The Morgan fingerprint density at radius 2 is 1.93 bits per heavy atom. The molecule has 0 spiro atoms. The molecular weight excluding hydrogens is 392 g/mol. The lowest BCUT2D eigenvalue weighted by Crippen LogP contribution is -2.33. The molecule has 0 saturated heterocycles. The van der Waals surface area contributed by atoms with E-state index in [1.54, 1.807) is 0 Å². The fourth-order valence-electron chi connectivity index (χ4n) is 4.42. The molecule has 0 bridgehead atoms. The number of benzene rings is 1. The van der Waals surface area contributed by atoms with E-state index in [1.807, 2.05) is 23.9 Å². The van der Waals surface area contributed by atoms with Crippen molar-refractivity contribution >= 4 is 17.7 Å². The molecule has 3 nitrogen and oxygen atoms in total. The Labute approximate surface area is 184 Å². The van der Waals surface area contributed by atoms with E-state index in [9.17, 15) is 4.79 Å². The van der Waals surface area contributed by atoms with Gasteiger partial charge in [0.2, 0.25) is 0 Å². The molecule has 0 saturated carbocycles. The van der Waals surface area contributed by atoms with Gasteiger partial charge in [-0.25, -0.2) is 0 Å². The van der Waals surface area contributed by atoms with Crippen LogP contribution in [0.2, 0.25) is 0 Å². The summed E-state index contributed by atoms with van der Waals surface area (Å²) in [5, 5.41) is 8.72. The third kappa shape index (κ3) is 5.52. The first kappa shape index (κ1) is 22.6. The summed E-state index contributed by atoms with van der Waals surface area (Å²) >= 11 is 1.98. The van der Waals surface area contributed by atoms with Crippen LogP contribution in [0.15, 0.2) is 33.6 Å². The Balaban J connectivity index is 1.80. The van der Waals surface area contributed by atoms with Gasteiger partial charge in [0.15, 0.2) is 5.76 Å². The van der Waals surface area contributed by atoms with Gasteiger partial charge in [-0.2, -0.15) is 0 Å². The van der Waals surface area contributed by atoms with Crippen LogP contribution >= 0.6 is 11.8 Å². The molecule has 0 unspecified atom stereocenters. The predicted molar refractivity (Wildman–Crippen MR) is 123 cm³/mol. The Morgan fingerprint density at radius 3 is 2.63 bits per heavy atom. The maximum Gasteiger partial charge on any atom is 0.303 e. The lowest BCUT2D eigenvalue weighted by atomic mass is 9.76. The molecule has 0 aliphatic carbocycles. The highest BCUT2D eigenvalue weighted by Crippen LogP contribution is 2.51. The molecule has 160 valence electrons. The van der Waals surface area contributed by atoms with E-state index in [1.165, 1.54) is 16.0 Å². The summed E-state index contributed by atoms with van der Waals surface area (Å²) in [7, 11) is 0. The number of rotatable bonds is 6. The highest BCUT2D eigenvalue weighted by molar-refractivity contribution is 8.00. The molecule has 2 aromatic rings. The molecule has 1 aliphatic heterocycles. The summed E-state index contributed by atoms with van der Waals surface area (Å²) in [6.45, 7) is 11.5. The average Bonchev–Trinajstić information content (AvgIpc) is 3.09. The van der Waals surface area contributed by atoms with Crippen molar-refractivity contribution in [3.8, 4) is 11.8 Å².